The standard InChI is InChI=1S/C13H17N3/c1-11-8-12(4-5-13(11)15(2)3)9-16-7-6-14-10-16/h4-8,10H,9H2,1-3H3. The average molecular weight is 215 g/mol. The number of rotatable bonds is 3. The Labute approximate surface area is 96.3 Å². The van der Waals surface area contributed by atoms with Crippen LogP contribution in [0.15, 0.2) is 36.9 Å². The second-order valence-corrected chi connectivity index (χ2v) is 4.25. The Balaban J connectivity index is 2.21. The van der Waals surface area contributed by atoms with Crippen LogP contribution in [0.5, 0.6) is 0 Å². The Morgan fingerprint density at radius 1 is 1.31 bits per heavy atom. The zero-order chi connectivity index (χ0) is 11.5. The van der Waals surface area contributed by atoms with E-state index >= 15 is 0 Å². The fourth-order valence-electron chi connectivity index (χ4n) is 1.91. The zero-order valence-electron chi connectivity index (χ0n) is 10.0. The topological polar surface area (TPSA) is 21.1 Å². The second kappa shape index (κ2) is 4.39. The van der Waals surface area contributed by atoms with Gasteiger partial charge >= 0.3 is 0 Å². The summed E-state index contributed by atoms with van der Waals surface area (Å²) in [6.45, 7) is 3.03. The Hall–Kier alpha value is -1.77. The van der Waals surface area contributed by atoms with E-state index in [2.05, 4.69) is 53.7 Å². The molecule has 1 heterocycles. The summed E-state index contributed by atoms with van der Waals surface area (Å²) in [5, 5.41) is 0. The van der Waals surface area contributed by atoms with Crippen LogP contribution in [0.4, 0.5) is 5.69 Å². The number of benzene rings is 1. The molecular weight excluding hydrogens is 198 g/mol. The quantitative estimate of drug-likeness (QED) is 0.783. The van der Waals surface area contributed by atoms with Crippen molar-refractivity contribution in [3.8, 4) is 0 Å². The summed E-state index contributed by atoms with van der Waals surface area (Å²) < 4.78 is 2.07. The number of anilines is 1. The van der Waals surface area contributed by atoms with Crippen molar-refractivity contribution >= 4 is 5.69 Å². The molecule has 0 atom stereocenters. The van der Waals surface area contributed by atoms with Gasteiger partial charge in [0.15, 0.2) is 0 Å². The van der Waals surface area contributed by atoms with Crippen LogP contribution in [0.3, 0.4) is 0 Å². The van der Waals surface area contributed by atoms with Crippen molar-refractivity contribution in [3.05, 3.63) is 48.0 Å². The van der Waals surface area contributed by atoms with Gasteiger partial charge in [0.2, 0.25) is 0 Å². The summed E-state index contributed by atoms with van der Waals surface area (Å²) in [6.07, 6.45) is 5.63. The lowest BCUT2D eigenvalue weighted by molar-refractivity contribution is 0.796. The van der Waals surface area contributed by atoms with E-state index in [4.69, 9.17) is 0 Å². The van der Waals surface area contributed by atoms with Gasteiger partial charge in [-0.2, -0.15) is 0 Å². The van der Waals surface area contributed by atoms with Crippen molar-refractivity contribution in [1.29, 1.82) is 0 Å². The van der Waals surface area contributed by atoms with Gasteiger partial charge in [-0.3, -0.25) is 0 Å². The summed E-state index contributed by atoms with van der Waals surface area (Å²) in [7, 11) is 4.13. The smallest absolute Gasteiger partial charge is 0.0949 e. The van der Waals surface area contributed by atoms with E-state index in [1.54, 1.807) is 6.20 Å². The first-order valence-electron chi connectivity index (χ1n) is 5.39. The van der Waals surface area contributed by atoms with Gasteiger partial charge in [0.25, 0.3) is 0 Å². The number of aromatic nitrogens is 2. The van der Waals surface area contributed by atoms with Gasteiger partial charge in [0.05, 0.1) is 6.33 Å². The first-order valence-corrected chi connectivity index (χ1v) is 5.39. The van der Waals surface area contributed by atoms with E-state index in [0.29, 0.717) is 0 Å². The third-order valence-corrected chi connectivity index (χ3v) is 2.67. The van der Waals surface area contributed by atoms with Gasteiger partial charge in [-0.25, -0.2) is 4.98 Å². The normalized spacial score (nSPS) is 10.4. The molecule has 0 aliphatic heterocycles. The molecule has 0 N–H and O–H groups in total. The van der Waals surface area contributed by atoms with Gasteiger partial charge < -0.3 is 9.47 Å². The molecule has 0 saturated heterocycles. The van der Waals surface area contributed by atoms with E-state index in [9.17, 15) is 0 Å². The van der Waals surface area contributed by atoms with E-state index in [-0.39, 0.29) is 0 Å². The Morgan fingerprint density at radius 3 is 2.69 bits per heavy atom. The van der Waals surface area contributed by atoms with Gasteiger partial charge in [-0.15, -0.1) is 0 Å². The molecule has 0 amide bonds. The molecule has 0 unspecified atom stereocenters. The van der Waals surface area contributed by atoms with Crippen molar-refractivity contribution in [2.75, 3.05) is 19.0 Å². The van der Waals surface area contributed by atoms with Gasteiger partial charge in [-0.1, -0.05) is 12.1 Å². The Bertz CT molecular complexity index is 458. The number of nitrogens with zero attached hydrogens (tertiary/aromatic N) is 3. The molecule has 0 aliphatic rings. The average Bonchev–Trinajstić information content (AvgIpc) is 2.70. The highest BCUT2D eigenvalue weighted by atomic mass is 15.1. The summed E-state index contributed by atoms with van der Waals surface area (Å²) in [5.74, 6) is 0. The minimum Gasteiger partial charge on any atom is -0.377 e. The van der Waals surface area contributed by atoms with E-state index in [1.807, 2.05) is 12.5 Å². The molecule has 3 heteroatoms. The van der Waals surface area contributed by atoms with Crippen LogP contribution in [0.2, 0.25) is 0 Å². The molecule has 0 saturated carbocycles. The highest BCUT2D eigenvalue weighted by molar-refractivity contribution is 5.53. The van der Waals surface area contributed by atoms with Crippen LogP contribution in [-0.2, 0) is 6.54 Å². The minimum absolute atomic E-state index is 0.883. The van der Waals surface area contributed by atoms with Crippen molar-refractivity contribution in [2.24, 2.45) is 0 Å². The van der Waals surface area contributed by atoms with Crippen LogP contribution in [-0.4, -0.2) is 23.6 Å². The molecule has 0 aliphatic carbocycles. The lowest BCUT2D eigenvalue weighted by atomic mass is 10.1. The van der Waals surface area contributed by atoms with Crippen LogP contribution in [0.25, 0.3) is 0 Å². The first-order chi connectivity index (χ1) is 7.66. The number of aryl methyl sites for hydroxylation is 1. The Morgan fingerprint density at radius 2 is 2.12 bits per heavy atom. The van der Waals surface area contributed by atoms with Crippen LogP contribution >= 0.6 is 0 Å². The summed E-state index contributed by atoms with van der Waals surface area (Å²) in [5.41, 5.74) is 3.89. The molecule has 0 radical (unpaired) electrons. The maximum absolute atomic E-state index is 4.04. The predicted molar refractivity (Wildman–Crippen MR) is 66.8 cm³/mol. The number of imidazole rings is 1. The monoisotopic (exact) mass is 215 g/mol. The SMILES string of the molecule is Cc1cc(Cn2ccnc2)ccc1N(C)C. The molecule has 2 aromatic rings. The van der Waals surface area contributed by atoms with E-state index < -0.39 is 0 Å². The molecule has 3 nitrogen and oxygen atoms in total. The zero-order valence-corrected chi connectivity index (χ0v) is 10.0. The molecule has 0 spiro atoms. The fraction of sp³-hybridized carbons (Fsp3) is 0.308. The summed E-state index contributed by atoms with van der Waals surface area (Å²) in [4.78, 5) is 6.18. The predicted octanol–water partition coefficient (Wildman–Crippen LogP) is 2.31. The van der Waals surface area contributed by atoms with Crippen LogP contribution in [0.1, 0.15) is 11.1 Å². The van der Waals surface area contributed by atoms with Crippen LogP contribution in [0, 0.1) is 6.92 Å². The number of hydrogen-bond acceptors (Lipinski definition) is 2. The van der Waals surface area contributed by atoms with Crippen LogP contribution < -0.4 is 4.90 Å². The lowest BCUT2D eigenvalue weighted by Gasteiger charge is -2.16. The molecule has 1 aromatic heterocycles. The van der Waals surface area contributed by atoms with Crippen molar-refractivity contribution in [2.45, 2.75) is 13.5 Å². The Kier molecular flexibility index (Phi) is 2.95. The largest absolute Gasteiger partial charge is 0.377 e. The second-order valence-electron chi connectivity index (χ2n) is 4.25. The molecule has 84 valence electrons. The molecule has 0 fully saturated rings. The third kappa shape index (κ3) is 2.24. The summed E-state index contributed by atoms with van der Waals surface area (Å²) in [6, 6.07) is 6.57. The molecule has 0 bridgehead atoms. The van der Waals surface area contributed by atoms with E-state index in [1.165, 1.54) is 16.8 Å². The fourth-order valence-corrected chi connectivity index (χ4v) is 1.91. The maximum atomic E-state index is 4.04. The third-order valence-electron chi connectivity index (χ3n) is 2.67. The molecule has 16 heavy (non-hydrogen) atoms. The first kappa shape index (κ1) is 10.7. The van der Waals surface area contributed by atoms with E-state index in [0.717, 1.165) is 6.54 Å². The number of hydrogen-bond donors (Lipinski definition) is 0. The maximum Gasteiger partial charge on any atom is 0.0949 e. The molecular formula is C13H17N3. The molecule has 1 aromatic carbocycles. The van der Waals surface area contributed by atoms with Crippen molar-refractivity contribution in [1.82, 2.24) is 9.55 Å². The summed E-state index contributed by atoms with van der Waals surface area (Å²) >= 11 is 0. The lowest BCUT2D eigenvalue weighted by Crippen LogP contribution is -2.10. The highest BCUT2D eigenvalue weighted by Crippen LogP contribution is 2.19. The van der Waals surface area contributed by atoms with Crippen molar-refractivity contribution in [3.63, 3.8) is 0 Å². The van der Waals surface area contributed by atoms with Gasteiger partial charge in [-0.05, 0) is 24.1 Å². The highest BCUT2D eigenvalue weighted by Gasteiger charge is 2.02. The molecule has 2 rings (SSSR count). The van der Waals surface area contributed by atoms with Gasteiger partial charge in [0.1, 0.15) is 0 Å². The minimum atomic E-state index is 0.883. The van der Waals surface area contributed by atoms with Crippen molar-refractivity contribution < 1.29 is 0 Å². The van der Waals surface area contributed by atoms with Gasteiger partial charge in [0, 0.05) is 38.7 Å².